The molecule has 0 bridgehead atoms. The third-order valence-electron chi connectivity index (χ3n) is 3.61. The molecule has 9 heteroatoms. The van der Waals surface area contributed by atoms with Crippen molar-refractivity contribution >= 4 is 43.3 Å². The third kappa shape index (κ3) is 3.69. The predicted octanol–water partition coefficient (Wildman–Crippen LogP) is 3.05. The van der Waals surface area contributed by atoms with Gasteiger partial charge in [-0.1, -0.05) is 15.9 Å². The fourth-order valence-corrected chi connectivity index (χ4v) is 4.98. The molecule has 0 amide bonds. The Morgan fingerprint density at radius 1 is 1.38 bits per heavy atom. The molecule has 1 fully saturated rings. The topological polar surface area (TPSA) is 76.6 Å². The Bertz CT molecular complexity index is 845. The van der Waals surface area contributed by atoms with Crippen LogP contribution in [0.25, 0.3) is 0 Å². The van der Waals surface area contributed by atoms with E-state index in [0.29, 0.717) is 5.01 Å². The summed E-state index contributed by atoms with van der Waals surface area (Å²) in [6.45, 7) is 0.157. The van der Waals surface area contributed by atoms with Crippen LogP contribution < -0.4 is 0 Å². The Labute approximate surface area is 152 Å². The molecule has 24 heavy (non-hydrogen) atoms. The zero-order valence-corrected chi connectivity index (χ0v) is 16.0. The van der Waals surface area contributed by atoms with Crippen molar-refractivity contribution in [2.75, 3.05) is 7.11 Å². The van der Waals surface area contributed by atoms with Gasteiger partial charge in [0.1, 0.15) is 5.01 Å². The molecule has 1 aliphatic carbocycles. The smallest absolute Gasteiger partial charge is 0.357 e. The van der Waals surface area contributed by atoms with E-state index in [1.165, 1.54) is 22.8 Å². The molecule has 0 atom stereocenters. The van der Waals surface area contributed by atoms with Gasteiger partial charge in [-0.05, 0) is 37.1 Å². The summed E-state index contributed by atoms with van der Waals surface area (Å²) >= 11 is 4.56. The maximum Gasteiger partial charge on any atom is 0.357 e. The summed E-state index contributed by atoms with van der Waals surface area (Å²) in [5, 5.41) is 2.15. The highest BCUT2D eigenvalue weighted by molar-refractivity contribution is 9.10. The molecular weight excluding hydrogens is 416 g/mol. The highest BCUT2D eigenvalue weighted by Crippen LogP contribution is 2.34. The first-order valence-electron chi connectivity index (χ1n) is 7.22. The second kappa shape index (κ2) is 6.91. The van der Waals surface area contributed by atoms with Crippen LogP contribution in [0, 0.1) is 0 Å². The molecule has 1 aromatic heterocycles. The van der Waals surface area contributed by atoms with Crippen molar-refractivity contribution in [3.8, 4) is 0 Å². The van der Waals surface area contributed by atoms with Crippen LogP contribution in [0.1, 0.15) is 28.3 Å². The molecule has 0 radical (unpaired) electrons. The van der Waals surface area contributed by atoms with Crippen LogP contribution >= 0.6 is 27.3 Å². The van der Waals surface area contributed by atoms with E-state index < -0.39 is 16.0 Å². The van der Waals surface area contributed by atoms with Gasteiger partial charge in [0, 0.05) is 15.9 Å². The van der Waals surface area contributed by atoms with Crippen LogP contribution in [0.3, 0.4) is 0 Å². The molecule has 2 aromatic rings. The standard InChI is InChI=1S/C15H15BrN2O4S2/c1-22-15(19)13-9-23-14(17-13)8-18(11-4-5-11)24(20,21)12-6-2-10(16)3-7-12/h2-3,6-7,9,11H,4-5,8H2,1H3. The van der Waals surface area contributed by atoms with Crippen molar-refractivity contribution in [3.63, 3.8) is 0 Å². The van der Waals surface area contributed by atoms with Gasteiger partial charge in [-0.2, -0.15) is 4.31 Å². The van der Waals surface area contributed by atoms with E-state index in [1.54, 1.807) is 29.6 Å². The van der Waals surface area contributed by atoms with Crippen LogP contribution in [0.15, 0.2) is 39.0 Å². The van der Waals surface area contributed by atoms with Crippen molar-refractivity contribution < 1.29 is 17.9 Å². The van der Waals surface area contributed by atoms with E-state index in [9.17, 15) is 13.2 Å². The first kappa shape index (κ1) is 17.5. The van der Waals surface area contributed by atoms with Crippen LogP contribution in [-0.2, 0) is 21.3 Å². The SMILES string of the molecule is COC(=O)c1csc(CN(C2CC2)S(=O)(=O)c2ccc(Br)cc2)n1. The van der Waals surface area contributed by atoms with Gasteiger partial charge in [-0.15, -0.1) is 11.3 Å². The zero-order valence-electron chi connectivity index (χ0n) is 12.8. The normalized spacial score (nSPS) is 14.8. The van der Waals surface area contributed by atoms with Gasteiger partial charge < -0.3 is 4.74 Å². The highest BCUT2D eigenvalue weighted by Gasteiger charge is 2.38. The summed E-state index contributed by atoms with van der Waals surface area (Å²) in [6, 6.07) is 6.56. The number of methoxy groups -OCH3 is 1. The number of rotatable bonds is 6. The number of nitrogens with zero attached hydrogens (tertiary/aromatic N) is 2. The number of hydrogen-bond acceptors (Lipinski definition) is 6. The molecule has 0 aliphatic heterocycles. The molecule has 0 unspecified atom stereocenters. The van der Waals surface area contributed by atoms with E-state index in [0.717, 1.165) is 17.3 Å². The number of hydrogen-bond donors (Lipinski definition) is 0. The van der Waals surface area contributed by atoms with Crippen molar-refractivity contribution in [1.29, 1.82) is 0 Å². The second-order valence-corrected chi connectivity index (χ2v) is 9.10. The molecule has 0 N–H and O–H groups in total. The Morgan fingerprint density at radius 3 is 2.62 bits per heavy atom. The number of halogens is 1. The molecule has 3 rings (SSSR count). The lowest BCUT2D eigenvalue weighted by Crippen LogP contribution is -2.32. The number of carbonyl (C=O) groups excluding carboxylic acids is 1. The van der Waals surface area contributed by atoms with Gasteiger partial charge in [0.2, 0.25) is 10.0 Å². The minimum atomic E-state index is -3.61. The maximum atomic E-state index is 12.9. The zero-order chi connectivity index (χ0) is 17.3. The molecular formula is C15H15BrN2O4S2. The van der Waals surface area contributed by atoms with Crippen molar-refractivity contribution in [1.82, 2.24) is 9.29 Å². The highest BCUT2D eigenvalue weighted by atomic mass is 79.9. The van der Waals surface area contributed by atoms with Crippen LogP contribution in [-0.4, -0.2) is 36.8 Å². The number of sulfonamides is 1. The van der Waals surface area contributed by atoms with E-state index in [1.807, 2.05) is 0 Å². The minimum Gasteiger partial charge on any atom is -0.464 e. The predicted molar refractivity (Wildman–Crippen MR) is 93.3 cm³/mol. The lowest BCUT2D eigenvalue weighted by molar-refractivity contribution is 0.0594. The van der Waals surface area contributed by atoms with Crippen LogP contribution in [0.2, 0.25) is 0 Å². The van der Waals surface area contributed by atoms with Crippen LogP contribution in [0.4, 0.5) is 0 Å². The van der Waals surface area contributed by atoms with Gasteiger partial charge >= 0.3 is 5.97 Å². The molecule has 6 nitrogen and oxygen atoms in total. The van der Waals surface area contributed by atoms with Gasteiger partial charge in [0.25, 0.3) is 0 Å². The molecule has 128 valence electrons. The van der Waals surface area contributed by atoms with Gasteiger partial charge in [-0.25, -0.2) is 18.2 Å². The fourth-order valence-electron chi connectivity index (χ4n) is 2.23. The van der Waals surface area contributed by atoms with Crippen molar-refractivity contribution in [2.45, 2.75) is 30.3 Å². The first-order chi connectivity index (χ1) is 11.4. The summed E-state index contributed by atoms with van der Waals surface area (Å²) in [5.41, 5.74) is 0.203. The minimum absolute atomic E-state index is 0.0101. The van der Waals surface area contributed by atoms with E-state index in [-0.39, 0.29) is 23.2 Å². The number of aromatic nitrogens is 1. The Kier molecular flexibility index (Phi) is 5.05. The number of esters is 1. The molecule has 1 aliphatic rings. The largest absolute Gasteiger partial charge is 0.464 e. The summed E-state index contributed by atoms with van der Waals surface area (Å²) < 4.78 is 32.8. The first-order valence-corrected chi connectivity index (χ1v) is 10.3. The monoisotopic (exact) mass is 430 g/mol. The summed E-state index contributed by atoms with van der Waals surface area (Å²) in [5.74, 6) is -0.522. The molecule has 0 saturated heterocycles. The van der Waals surface area contributed by atoms with Gasteiger partial charge in [0.05, 0.1) is 18.6 Å². The molecule has 1 aromatic carbocycles. The quantitative estimate of drug-likeness (QED) is 0.658. The average Bonchev–Trinajstić information content (AvgIpc) is 3.29. The fraction of sp³-hybridized carbons (Fsp3) is 0.333. The van der Waals surface area contributed by atoms with E-state index in [2.05, 4.69) is 25.7 Å². The lowest BCUT2D eigenvalue weighted by atomic mass is 10.4. The van der Waals surface area contributed by atoms with E-state index in [4.69, 9.17) is 0 Å². The average molecular weight is 431 g/mol. The molecule has 0 spiro atoms. The second-order valence-electron chi connectivity index (χ2n) is 5.35. The van der Waals surface area contributed by atoms with E-state index >= 15 is 0 Å². The van der Waals surface area contributed by atoms with Crippen LogP contribution in [0.5, 0.6) is 0 Å². The van der Waals surface area contributed by atoms with Crippen molar-refractivity contribution in [2.24, 2.45) is 0 Å². The summed E-state index contributed by atoms with van der Waals surface area (Å²) in [4.78, 5) is 15.9. The van der Waals surface area contributed by atoms with Crippen molar-refractivity contribution in [3.05, 3.63) is 44.8 Å². The Morgan fingerprint density at radius 2 is 2.04 bits per heavy atom. The summed E-state index contributed by atoms with van der Waals surface area (Å²) in [6.07, 6.45) is 1.68. The number of ether oxygens (including phenoxy) is 1. The Balaban J connectivity index is 1.86. The number of benzene rings is 1. The number of carbonyl (C=O) groups is 1. The number of thiazole rings is 1. The maximum absolute atomic E-state index is 12.9. The van der Waals surface area contributed by atoms with Gasteiger partial charge in [-0.3, -0.25) is 0 Å². The molecule has 1 saturated carbocycles. The molecule has 1 heterocycles. The van der Waals surface area contributed by atoms with Gasteiger partial charge in [0.15, 0.2) is 5.69 Å². The lowest BCUT2D eigenvalue weighted by Gasteiger charge is -2.20. The summed E-state index contributed by atoms with van der Waals surface area (Å²) in [7, 11) is -2.32. The Hall–Kier alpha value is -1.29. The third-order valence-corrected chi connectivity index (χ3v) is 6.89.